The van der Waals surface area contributed by atoms with Crippen molar-refractivity contribution in [2.24, 2.45) is 9.98 Å². The topological polar surface area (TPSA) is 102 Å². The summed E-state index contributed by atoms with van der Waals surface area (Å²) >= 11 is 0. The molecular weight excluding hydrogens is 520 g/mol. The van der Waals surface area contributed by atoms with E-state index < -0.39 is 5.92 Å². The number of anilines is 1. The van der Waals surface area contributed by atoms with Gasteiger partial charge in [0.1, 0.15) is 5.75 Å². The summed E-state index contributed by atoms with van der Waals surface area (Å²) in [6.45, 7) is 6.81. The Balaban J connectivity index is 1.48. The van der Waals surface area contributed by atoms with Crippen molar-refractivity contribution in [1.82, 2.24) is 20.0 Å². The van der Waals surface area contributed by atoms with Crippen molar-refractivity contribution in [3.8, 4) is 5.75 Å². The third kappa shape index (κ3) is 6.96. The average Bonchev–Trinajstić information content (AvgIpc) is 3.58. The van der Waals surface area contributed by atoms with Crippen LogP contribution >= 0.6 is 0 Å². The summed E-state index contributed by atoms with van der Waals surface area (Å²) in [4.78, 5) is 39.7. The smallest absolute Gasteiger partial charge is 0.261 e. The van der Waals surface area contributed by atoms with E-state index in [2.05, 4.69) is 27.2 Å². The third-order valence-electron chi connectivity index (χ3n) is 7.84. The van der Waals surface area contributed by atoms with Gasteiger partial charge in [0.25, 0.3) is 11.8 Å². The first-order chi connectivity index (χ1) is 19.1. The van der Waals surface area contributed by atoms with E-state index in [0.717, 1.165) is 31.4 Å². The van der Waals surface area contributed by atoms with Gasteiger partial charge in [-0.1, -0.05) is 12.8 Å². The number of benzene rings is 1. The van der Waals surface area contributed by atoms with Gasteiger partial charge >= 0.3 is 0 Å². The number of hydrogen-bond acceptors (Lipinski definition) is 6. The number of nitrogens with zero attached hydrogens (tertiary/aromatic N) is 5. The molecule has 3 aliphatic rings. The molecule has 0 bridgehead atoms. The number of rotatable bonds is 8. The highest BCUT2D eigenvalue weighted by atomic mass is 19.3. The standard InChI is InChI=1S/C28H39F2N7O3/c1-19-25(37(21-7-5-6-8-21)14-11-24(38)35(19)3)34-27(31-2)33-22-10-9-20(17-23(22)40-4)26(39)32-13-16-36-15-12-28(29,30)18-36/h9-10,17,21H,2,5-8,11-16,18H2,1,3-4H3,(H,32,39)(H,33,34). The highest BCUT2D eigenvalue weighted by molar-refractivity contribution is 6.00. The SMILES string of the molecule is C=N/C(=N\C1=C(C)N(C)C(=O)CCN1C1CCCC1)Nc1ccc(C(=O)NCCN2CCC(F)(F)C2)cc1OC. The molecule has 0 atom stereocenters. The molecule has 40 heavy (non-hydrogen) atoms. The van der Waals surface area contributed by atoms with E-state index >= 15 is 0 Å². The molecule has 0 radical (unpaired) electrons. The van der Waals surface area contributed by atoms with E-state index in [9.17, 15) is 18.4 Å². The molecule has 1 saturated carbocycles. The second-order valence-electron chi connectivity index (χ2n) is 10.5. The molecule has 2 N–H and O–H groups in total. The fraction of sp³-hybridized carbons (Fsp3) is 0.571. The Hall–Kier alpha value is -3.54. The predicted molar refractivity (Wildman–Crippen MR) is 151 cm³/mol. The molecule has 218 valence electrons. The minimum Gasteiger partial charge on any atom is -0.495 e. The van der Waals surface area contributed by atoms with E-state index in [4.69, 9.17) is 9.73 Å². The largest absolute Gasteiger partial charge is 0.495 e. The van der Waals surface area contributed by atoms with Crippen molar-refractivity contribution in [2.75, 3.05) is 52.2 Å². The number of hydrogen-bond donors (Lipinski definition) is 2. The quantitative estimate of drug-likeness (QED) is 0.373. The maximum absolute atomic E-state index is 13.4. The zero-order valence-electron chi connectivity index (χ0n) is 23.5. The van der Waals surface area contributed by atoms with Gasteiger partial charge in [-0.3, -0.25) is 14.5 Å². The first kappa shape index (κ1) is 29.4. The Morgan fingerprint density at radius 3 is 2.65 bits per heavy atom. The summed E-state index contributed by atoms with van der Waals surface area (Å²) < 4.78 is 32.3. The molecule has 2 fully saturated rings. The lowest BCUT2D eigenvalue weighted by atomic mass is 10.1. The van der Waals surface area contributed by atoms with E-state index in [0.29, 0.717) is 54.9 Å². The lowest BCUT2D eigenvalue weighted by molar-refractivity contribution is -0.127. The minimum absolute atomic E-state index is 0.0423. The van der Waals surface area contributed by atoms with Gasteiger partial charge in [0.15, 0.2) is 5.82 Å². The first-order valence-electron chi connectivity index (χ1n) is 13.7. The molecule has 0 aromatic heterocycles. The number of likely N-dealkylation sites (tertiary alicyclic amines) is 1. The van der Waals surface area contributed by atoms with Crippen molar-refractivity contribution in [2.45, 2.75) is 57.4 Å². The minimum atomic E-state index is -2.66. The zero-order valence-corrected chi connectivity index (χ0v) is 23.5. The van der Waals surface area contributed by atoms with Crippen LogP contribution in [0.5, 0.6) is 5.75 Å². The van der Waals surface area contributed by atoms with E-state index in [1.165, 1.54) is 7.11 Å². The van der Waals surface area contributed by atoms with Gasteiger partial charge in [-0.15, -0.1) is 0 Å². The normalized spacial score (nSPS) is 20.6. The molecule has 2 amide bonds. The van der Waals surface area contributed by atoms with Gasteiger partial charge in [-0.2, -0.15) is 4.99 Å². The van der Waals surface area contributed by atoms with Crippen LogP contribution in [0.15, 0.2) is 39.7 Å². The van der Waals surface area contributed by atoms with Crippen molar-refractivity contribution in [1.29, 1.82) is 0 Å². The number of amides is 2. The van der Waals surface area contributed by atoms with Crippen LogP contribution in [-0.2, 0) is 4.79 Å². The number of carbonyl (C=O) groups is 2. The number of aliphatic imine (C=N–C) groups is 2. The molecule has 10 nitrogen and oxygen atoms in total. The Labute approximate surface area is 234 Å². The van der Waals surface area contributed by atoms with Crippen LogP contribution in [0, 0.1) is 0 Å². The lowest BCUT2D eigenvalue weighted by Gasteiger charge is -2.31. The van der Waals surface area contributed by atoms with Crippen molar-refractivity contribution in [3.63, 3.8) is 0 Å². The van der Waals surface area contributed by atoms with Gasteiger partial charge in [0.2, 0.25) is 11.9 Å². The molecule has 1 aliphatic carbocycles. The summed E-state index contributed by atoms with van der Waals surface area (Å²) in [5, 5.41) is 5.93. The number of ether oxygens (including phenoxy) is 1. The summed E-state index contributed by atoms with van der Waals surface area (Å²) in [7, 11) is 3.25. The fourth-order valence-corrected chi connectivity index (χ4v) is 5.44. The van der Waals surface area contributed by atoms with Gasteiger partial charge in [-0.25, -0.2) is 13.8 Å². The second kappa shape index (κ2) is 12.8. The number of nitrogens with one attached hydrogen (secondary N) is 2. The molecule has 2 heterocycles. The highest BCUT2D eigenvalue weighted by Crippen LogP contribution is 2.32. The lowest BCUT2D eigenvalue weighted by Crippen LogP contribution is -2.35. The first-order valence-corrected chi connectivity index (χ1v) is 13.7. The maximum atomic E-state index is 13.4. The van der Waals surface area contributed by atoms with Crippen molar-refractivity contribution < 1.29 is 23.1 Å². The van der Waals surface area contributed by atoms with Crippen molar-refractivity contribution >= 4 is 30.2 Å². The van der Waals surface area contributed by atoms with Crippen LogP contribution in [0.4, 0.5) is 14.5 Å². The van der Waals surface area contributed by atoms with Gasteiger partial charge in [0, 0.05) is 57.7 Å². The molecular formula is C28H39F2N7O3. The predicted octanol–water partition coefficient (Wildman–Crippen LogP) is 3.53. The van der Waals surface area contributed by atoms with Crippen LogP contribution < -0.4 is 15.4 Å². The Bertz CT molecular complexity index is 1180. The highest BCUT2D eigenvalue weighted by Gasteiger charge is 2.37. The number of carbonyl (C=O) groups excluding carboxylic acids is 2. The molecule has 1 aromatic carbocycles. The number of allylic oxidation sites excluding steroid dienone is 1. The van der Waals surface area contributed by atoms with E-state index in [-0.39, 0.29) is 37.3 Å². The molecule has 4 rings (SSSR count). The molecule has 1 saturated heterocycles. The maximum Gasteiger partial charge on any atom is 0.261 e. The summed E-state index contributed by atoms with van der Waals surface area (Å²) in [6.07, 6.45) is 4.66. The Morgan fingerprint density at radius 1 is 1.25 bits per heavy atom. The average molecular weight is 560 g/mol. The van der Waals surface area contributed by atoms with Crippen molar-refractivity contribution in [3.05, 3.63) is 35.3 Å². The van der Waals surface area contributed by atoms with Gasteiger partial charge in [0.05, 0.1) is 25.0 Å². The summed E-state index contributed by atoms with van der Waals surface area (Å²) in [5.74, 6) is -1.63. The molecule has 12 heteroatoms. The zero-order chi connectivity index (χ0) is 28.9. The van der Waals surface area contributed by atoms with Crippen LogP contribution in [0.2, 0.25) is 0 Å². The Kier molecular flexibility index (Phi) is 9.39. The summed E-state index contributed by atoms with van der Waals surface area (Å²) in [5.41, 5.74) is 1.65. The van der Waals surface area contributed by atoms with Crippen LogP contribution in [0.1, 0.15) is 55.8 Å². The van der Waals surface area contributed by atoms with Crippen LogP contribution in [0.25, 0.3) is 0 Å². The fourth-order valence-electron chi connectivity index (χ4n) is 5.44. The molecule has 0 spiro atoms. The second-order valence-corrected chi connectivity index (χ2v) is 10.5. The number of alkyl halides is 2. The van der Waals surface area contributed by atoms with E-state index in [1.807, 2.05) is 6.92 Å². The molecule has 1 aromatic rings. The molecule has 2 aliphatic heterocycles. The van der Waals surface area contributed by atoms with Gasteiger partial charge < -0.3 is 25.2 Å². The summed E-state index contributed by atoms with van der Waals surface area (Å²) in [6, 6.07) is 5.23. The number of methoxy groups -OCH3 is 1. The monoisotopic (exact) mass is 559 g/mol. The van der Waals surface area contributed by atoms with Crippen LogP contribution in [0.3, 0.4) is 0 Å². The van der Waals surface area contributed by atoms with Crippen LogP contribution in [-0.4, -0.2) is 98.0 Å². The third-order valence-corrected chi connectivity index (χ3v) is 7.84. The Morgan fingerprint density at radius 2 is 2.00 bits per heavy atom. The van der Waals surface area contributed by atoms with E-state index in [1.54, 1.807) is 35.0 Å². The molecule has 0 unspecified atom stereocenters. The van der Waals surface area contributed by atoms with Gasteiger partial charge in [-0.05, 0) is 44.7 Å². The number of guanidine groups is 1. The number of halogens is 2.